The van der Waals surface area contributed by atoms with Crippen LogP contribution in [-0.4, -0.2) is 37.2 Å². The standard InChI is InChI=1S/C9H16N4O/c1-10-4-3-7-13(2)8-9(14)12-6-5-11-8/h5-6,10H,3-4,7H2,1-2H3,(H,12,14). The molecule has 5 nitrogen and oxygen atoms in total. The van der Waals surface area contributed by atoms with Crippen molar-refractivity contribution < 1.29 is 0 Å². The average Bonchev–Trinajstić information content (AvgIpc) is 2.18. The van der Waals surface area contributed by atoms with E-state index in [1.807, 2.05) is 19.0 Å². The van der Waals surface area contributed by atoms with Gasteiger partial charge in [0.1, 0.15) is 0 Å². The summed E-state index contributed by atoms with van der Waals surface area (Å²) in [6, 6.07) is 0. The van der Waals surface area contributed by atoms with Gasteiger partial charge in [-0.15, -0.1) is 0 Å². The van der Waals surface area contributed by atoms with Crippen LogP contribution in [0.4, 0.5) is 5.82 Å². The van der Waals surface area contributed by atoms with E-state index in [1.54, 1.807) is 6.20 Å². The zero-order valence-corrected chi connectivity index (χ0v) is 8.58. The van der Waals surface area contributed by atoms with Crippen molar-refractivity contribution in [3.8, 4) is 0 Å². The Morgan fingerprint density at radius 2 is 2.43 bits per heavy atom. The van der Waals surface area contributed by atoms with E-state index in [2.05, 4.69) is 15.3 Å². The van der Waals surface area contributed by atoms with Crippen molar-refractivity contribution >= 4 is 5.82 Å². The van der Waals surface area contributed by atoms with Gasteiger partial charge in [-0.3, -0.25) is 4.79 Å². The average molecular weight is 196 g/mol. The summed E-state index contributed by atoms with van der Waals surface area (Å²) < 4.78 is 0. The lowest BCUT2D eigenvalue weighted by atomic mass is 10.4. The zero-order chi connectivity index (χ0) is 10.4. The molecule has 1 rings (SSSR count). The van der Waals surface area contributed by atoms with Crippen molar-refractivity contribution in [2.75, 3.05) is 32.1 Å². The number of aromatic amines is 1. The van der Waals surface area contributed by atoms with Gasteiger partial charge in [0.15, 0.2) is 5.82 Å². The van der Waals surface area contributed by atoms with Crippen molar-refractivity contribution in [3.63, 3.8) is 0 Å². The maximum atomic E-state index is 11.3. The third-order valence-electron chi connectivity index (χ3n) is 1.97. The Hall–Kier alpha value is -1.36. The van der Waals surface area contributed by atoms with Crippen LogP contribution in [0.15, 0.2) is 17.2 Å². The lowest BCUT2D eigenvalue weighted by Gasteiger charge is -2.16. The summed E-state index contributed by atoms with van der Waals surface area (Å²) in [5, 5.41) is 3.06. The van der Waals surface area contributed by atoms with E-state index in [1.165, 1.54) is 6.20 Å². The molecule has 0 atom stereocenters. The van der Waals surface area contributed by atoms with E-state index in [4.69, 9.17) is 0 Å². The van der Waals surface area contributed by atoms with Crippen LogP contribution in [0.25, 0.3) is 0 Å². The Balaban J connectivity index is 2.56. The van der Waals surface area contributed by atoms with Gasteiger partial charge >= 0.3 is 0 Å². The minimum atomic E-state index is -0.139. The van der Waals surface area contributed by atoms with Crippen molar-refractivity contribution in [2.45, 2.75) is 6.42 Å². The summed E-state index contributed by atoms with van der Waals surface area (Å²) in [6.45, 7) is 1.76. The highest BCUT2D eigenvalue weighted by atomic mass is 16.1. The first-order chi connectivity index (χ1) is 6.75. The monoisotopic (exact) mass is 196 g/mol. The molecular weight excluding hydrogens is 180 g/mol. The third kappa shape index (κ3) is 2.85. The fourth-order valence-corrected chi connectivity index (χ4v) is 1.21. The van der Waals surface area contributed by atoms with Crippen LogP contribution in [0, 0.1) is 0 Å². The molecule has 0 amide bonds. The first kappa shape index (κ1) is 10.7. The molecule has 1 aromatic heterocycles. The molecule has 0 saturated heterocycles. The van der Waals surface area contributed by atoms with Crippen LogP contribution in [0.3, 0.4) is 0 Å². The maximum Gasteiger partial charge on any atom is 0.290 e. The first-order valence-corrected chi connectivity index (χ1v) is 4.65. The number of nitrogens with one attached hydrogen (secondary N) is 2. The molecule has 2 N–H and O–H groups in total. The van der Waals surface area contributed by atoms with Gasteiger partial charge in [0.05, 0.1) is 0 Å². The van der Waals surface area contributed by atoms with Crippen LogP contribution in [0.1, 0.15) is 6.42 Å². The fraction of sp³-hybridized carbons (Fsp3) is 0.556. The zero-order valence-electron chi connectivity index (χ0n) is 8.58. The van der Waals surface area contributed by atoms with Gasteiger partial charge in [0.25, 0.3) is 5.56 Å². The molecule has 0 bridgehead atoms. The van der Waals surface area contributed by atoms with Gasteiger partial charge in [-0.05, 0) is 20.0 Å². The molecule has 5 heteroatoms. The van der Waals surface area contributed by atoms with E-state index < -0.39 is 0 Å². The summed E-state index contributed by atoms with van der Waals surface area (Å²) >= 11 is 0. The molecule has 0 saturated carbocycles. The predicted octanol–water partition coefficient (Wildman–Crippen LogP) is -0.184. The number of hydrogen-bond donors (Lipinski definition) is 2. The van der Waals surface area contributed by atoms with Crippen molar-refractivity contribution in [1.82, 2.24) is 15.3 Å². The summed E-state index contributed by atoms with van der Waals surface area (Å²) in [6.07, 6.45) is 4.11. The highest BCUT2D eigenvalue weighted by Gasteiger charge is 2.05. The Morgan fingerprint density at radius 1 is 1.64 bits per heavy atom. The number of rotatable bonds is 5. The van der Waals surface area contributed by atoms with Crippen LogP contribution >= 0.6 is 0 Å². The van der Waals surface area contributed by atoms with Crippen molar-refractivity contribution in [2.24, 2.45) is 0 Å². The number of H-pyrrole nitrogens is 1. The summed E-state index contributed by atoms with van der Waals surface area (Å²) in [7, 11) is 3.78. The smallest absolute Gasteiger partial charge is 0.290 e. The van der Waals surface area contributed by atoms with Crippen LogP contribution < -0.4 is 15.8 Å². The Kier molecular flexibility index (Phi) is 4.12. The molecule has 0 aliphatic heterocycles. The summed E-state index contributed by atoms with van der Waals surface area (Å²) in [5.74, 6) is 0.476. The SMILES string of the molecule is CNCCCN(C)c1ncc[nH]c1=O. The number of nitrogens with zero attached hydrogens (tertiary/aromatic N) is 2. The van der Waals surface area contributed by atoms with Gasteiger partial charge in [0, 0.05) is 26.0 Å². The molecule has 0 aliphatic carbocycles. The fourth-order valence-electron chi connectivity index (χ4n) is 1.21. The van der Waals surface area contributed by atoms with Crippen molar-refractivity contribution in [3.05, 3.63) is 22.7 Å². The normalized spacial score (nSPS) is 10.1. The predicted molar refractivity (Wildman–Crippen MR) is 56.7 cm³/mol. The van der Waals surface area contributed by atoms with E-state index in [9.17, 15) is 4.79 Å². The molecule has 0 unspecified atom stereocenters. The van der Waals surface area contributed by atoms with E-state index in [-0.39, 0.29) is 5.56 Å². The number of aromatic nitrogens is 2. The highest BCUT2D eigenvalue weighted by molar-refractivity contribution is 5.33. The second-order valence-electron chi connectivity index (χ2n) is 3.12. The second kappa shape index (κ2) is 5.39. The quantitative estimate of drug-likeness (QED) is 0.641. The Labute approximate surface area is 83.2 Å². The molecule has 1 aromatic rings. The van der Waals surface area contributed by atoms with Gasteiger partial charge in [-0.1, -0.05) is 0 Å². The number of anilines is 1. The van der Waals surface area contributed by atoms with Crippen LogP contribution in [0.5, 0.6) is 0 Å². The molecule has 0 aliphatic rings. The van der Waals surface area contributed by atoms with Crippen LogP contribution in [0.2, 0.25) is 0 Å². The maximum absolute atomic E-state index is 11.3. The molecule has 0 aromatic carbocycles. The molecule has 0 radical (unpaired) electrons. The van der Waals surface area contributed by atoms with E-state index in [0.717, 1.165) is 19.5 Å². The van der Waals surface area contributed by atoms with Crippen LogP contribution in [-0.2, 0) is 0 Å². The van der Waals surface area contributed by atoms with Gasteiger partial charge in [0.2, 0.25) is 0 Å². The van der Waals surface area contributed by atoms with E-state index in [0.29, 0.717) is 5.82 Å². The van der Waals surface area contributed by atoms with Gasteiger partial charge < -0.3 is 15.2 Å². The first-order valence-electron chi connectivity index (χ1n) is 4.65. The largest absolute Gasteiger partial charge is 0.355 e. The molecular formula is C9H16N4O. The molecule has 0 fully saturated rings. The Morgan fingerprint density at radius 3 is 3.07 bits per heavy atom. The Bertz CT molecular complexity index is 323. The highest BCUT2D eigenvalue weighted by Crippen LogP contribution is 1.98. The topological polar surface area (TPSA) is 61.0 Å². The molecule has 0 spiro atoms. The molecule has 78 valence electrons. The number of hydrogen-bond acceptors (Lipinski definition) is 4. The van der Waals surface area contributed by atoms with E-state index >= 15 is 0 Å². The lowest BCUT2D eigenvalue weighted by Crippen LogP contribution is -2.28. The third-order valence-corrected chi connectivity index (χ3v) is 1.97. The molecule has 14 heavy (non-hydrogen) atoms. The van der Waals surface area contributed by atoms with Gasteiger partial charge in [-0.2, -0.15) is 0 Å². The minimum Gasteiger partial charge on any atom is -0.355 e. The second-order valence-corrected chi connectivity index (χ2v) is 3.12. The molecule has 1 heterocycles. The van der Waals surface area contributed by atoms with Crippen molar-refractivity contribution in [1.29, 1.82) is 0 Å². The summed E-state index contributed by atoms with van der Waals surface area (Å²) in [5.41, 5.74) is -0.139. The van der Waals surface area contributed by atoms with Gasteiger partial charge in [-0.25, -0.2) is 4.98 Å². The lowest BCUT2D eigenvalue weighted by molar-refractivity contribution is 0.707. The minimum absolute atomic E-state index is 0.139. The summed E-state index contributed by atoms with van der Waals surface area (Å²) in [4.78, 5) is 19.8.